The van der Waals surface area contributed by atoms with Crippen LogP contribution < -0.4 is 10.1 Å². The van der Waals surface area contributed by atoms with Gasteiger partial charge in [-0.15, -0.1) is 0 Å². The maximum absolute atomic E-state index is 13.4. The molecule has 152 valence electrons. The monoisotopic (exact) mass is 472 g/mol. The van der Waals surface area contributed by atoms with E-state index in [2.05, 4.69) is 21.2 Å². The van der Waals surface area contributed by atoms with Gasteiger partial charge in [-0.05, 0) is 42.0 Å². The van der Waals surface area contributed by atoms with Gasteiger partial charge in [-0.25, -0.2) is 12.8 Å². The van der Waals surface area contributed by atoms with Crippen molar-refractivity contribution in [2.45, 2.75) is 25.3 Å². The lowest BCUT2D eigenvalue weighted by Gasteiger charge is -2.19. The van der Waals surface area contributed by atoms with E-state index in [1.807, 2.05) is 0 Å². The lowest BCUT2D eigenvalue weighted by molar-refractivity contribution is 0.0947. The fraction of sp³-hybridized carbons (Fsp3) is 0.316. The first-order chi connectivity index (χ1) is 13.2. The fourth-order valence-electron chi connectivity index (χ4n) is 2.69. The second-order valence-corrected chi connectivity index (χ2v) is 8.66. The summed E-state index contributed by atoms with van der Waals surface area (Å²) in [5, 5.41) is 2.67. The second kappa shape index (κ2) is 9.49. The maximum atomic E-state index is 13.4. The van der Waals surface area contributed by atoms with Crippen LogP contribution in [0.15, 0.2) is 45.8 Å². The van der Waals surface area contributed by atoms with Gasteiger partial charge in [0.2, 0.25) is 10.0 Å². The smallest absolute Gasteiger partial charge is 0.255 e. The highest BCUT2D eigenvalue weighted by molar-refractivity contribution is 9.10. The van der Waals surface area contributed by atoms with Crippen LogP contribution in [-0.4, -0.2) is 38.8 Å². The number of hydrogen-bond donors (Lipinski definition) is 1. The Morgan fingerprint density at radius 1 is 1.18 bits per heavy atom. The number of ether oxygens (including phenoxy) is 1. The first-order valence-electron chi connectivity index (χ1n) is 8.64. The van der Waals surface area contributed by atoms with Crippen LogP contribution >= 0.6 is 15.9 Å². The molecule has 0 atom stereocenters. The van der Waals surface area contributed by atoms with Crippen molar-refractivity contribution in [1.82, 2.24) is 9.62 Å². The van der Waals surface area contributed by atoms with Crippen LogP contribution in [0.25, 0.3) is 0 Å². The summed E-state index contributed by atoms with van der Waals surface area (Å²) >= 11 is 3.31. The Kier molecular flexibility index (Phi) is 7.56. The molecule has 1 N–H and O–H groups in total. The molecule has 2 rings (SSSR count). The number of methoxy groups -OCH3 is 1. The quantitative estimate of drug-likeness (QED) is 0.637. The molecule has 0 aromatic heterocycles. The van der Waals surface area contributed by atoms with E-state index in [9.17, 15) is 17.6 Å². The molecule has 0 aliphatic carbocycles. The predicted molar refractivity (Wildman–Crippen MR) is 108 cm³/mol. The summed E-state index contributed by atoms with van der Waals surface area (Å²) in [7, 11) is -2.32. The highest BCUT2D eigenvalue weighted by atomic mass is 79.9. The first-order valence-corrected chi connectivity index (χ1v) is 10.9. The zero-order valence-electron chi connectivity index (χ0n) is 15.8. The molecule has 6 nitrogen and oxygen atoms in total. The van der Waals surface area contributed by atoms with Crippen LogP contribution in [0.3, 0.4) is 0 Å². The Morgan fingerprint density at radius 2 is 1.86 bits per heavy atom. The second-order valence-electron chi connectivity index (χ2n) is 5.87. The zero-order valence-corrected chi connectivity index (χ0v) is 18.2. The molecule has 0 unspecified atom stereocenters. The summed E-state index contributed by atoms with van der Waals surface area (Å²) < 4.78 is 46.0. The summed E-state index contributed by atoms with van der Waals surface area (Å²) in [6, 6.07) is 8.32. The Morgan fingerprint density at radius 3 is 2.46 bits per heavy atom. The van der Waals surface area contributed by atoms with Gasteiger partial charge >= 0.3 is 0 Å². The molecule has 0 spiro atoms. The van der Waals surface area contributed by atoms with E-state index < -0.39 is 21.7 Å². The standard InChI is InChI=1S/C19H22BrFN2O4S/c1-4-23(5-2)28(25,26)15-7-9-18(27-3)16(11-15)19(24)22-12-13-10-14(21)6-8-17(13)20/h6-11H,4-5,12H2,1-3H3,(H,22,24). The van der Waals surface area contributed by atoms with Crippen molar-refractivity contribution in [3.05, 3.63) is 57.8 Å². The van der Waals surface area contributed by atoms with Crippen molar-refractivity contribution in [2.24, 2.45) is 0 Å². The van der Waals surface area contributed by atoms with Crippen molar-refractivity contribution in [1.29, 1.82) is 0 Å². The van der Waals surface area contributed by atoms with Crippen LogP contribution in [0, 0.1) is 5.82 Å². The average Bonchev–Trinajstić information content (AvgIpc) is 2.68. The molecule has 2 aromatic rings. The summed E-state index contributed by atoms with van der Waals surface area (Å²) in [6.07, 6.45) is 0. The lowest BCUT2D eigenvalue weighted by Crippen LogP contribution is -2.31. The maximum Gasteiger partial charge on any atom is 0.255 e. The summed E-state index contributed by atoms with van der Waals surface area (Å²) in [5.41, 5.74) is 0.641. The third kappa shape index (κ3) is 4.89. The fourth-order valence-corrected chi connectivity index (χ4v) is 4.56. The molecule has 2 aromatic carbocycles. The number of carbonyl (C=O) groups is 1. The van der Waals surface area contributed by atoms with Crippen LogP contribution in [0.2, 0.25) is 0 Å². The molecular weight excluding hydrogens is 451 g/mol. The Balaban J connectivity index is 2.33. The number of carbonyl (C=O) groups excluding carboxylic acids is 1. The Hall–Kier alpha value is -1.97. The number of benzene rings is 2. The number of nitrogens with one attached hydrogen (secondary N) is 1. The van der Waals surface area contributed by atoms with Gasteiger partial charge < -0.3 is 10.1 Å². The number of halogens is 2. The molecule has 0 radical (unpaired) electrons. The summed E-state index contributed by atoms with van der Waals surface area (Å²) in [4.78, 5) is 12.7. The first kappa shape index (κ1) is 22.3. The molecule has 0 saturated carbocycles. The topological polar surface area (TPSA) is 75.7 Å². The van der Waals surface area contributed by atoms with Crippen molar-refractivity contribution >= 4 is 31.9 Å². The minimum Gasteiger partial charge on any atom is -0.496 e. The molecule has 0 fully saturated rings. The van der Waals surface area contributed by atoms with Gasteiger partial charge in [0.1, 0.15) is 11.6 Å². The molecule has 0 bridgehead atoms. The van der Waals surface area contributed by atoms with Crippen LogP contribution in [0.5, 0.6) is 5.75 Å². The van der Waals surface area contributed by atoms with E-state index in [-0.39, 0.29) is 22.8 Å². The van der Waals surface area contributed by atoms with Gasteiger partial charge in [-0.3, -0.25) is 4.79 Å². The van der Waals surface area contributed by atoms with Crippen LogP contribution in [-0.2, 0) is 16.6 Å². The van der Waals surface area contributed by atoms with Crippen molar-refractivity contribution in [3.8, 4) is 5.75 Å². The minimum absolute atomic E-state index is 0.00841. The zero-order chi connectivity index (χ0) is 20.9. The normalized spacial score (nSPS) is 11.5. The number of nitrogens with zero attached hydrogens (tertiary/aromatic N) is 1. The van der Waals surface area contributed by atoms with Crippen LogP contribution in [0.4, 0.5) is 4.39 Å². The number of hydrogen-bond acceptors (Lipinski definition) is 4. The number of sulfonamides is 1. The predicted octanol–water partition coefficient (Wildman–Crippen LogP) is 3.56. The Bertz CT molecular complexity index is 962. The number of amides is 1. The minimum atomic E-state index is -3.72. The van der Waals surface area contributed by atoms with E-state index >= 15 is 0 Å². The molecule has 0 saturated heterocycles. The summed E-state index contributed by atoms with van der Waals surface area (Å²) in [5.74, 6) is -0.698. The Labute approximate surface area is 172 Å². The molecule has 28 heavy (non-hydrogen) atoms. The SMILES string of the molecule is CCN(CC)S(=O)(=O)c1ccc(OC)c(C(=O)NCc2cc(F)ccc2Br)c1. The van der Waals surface area contributed by atoms with Gasteiger partial charge in [-0.1, -0.05) is 29.8 Å². The van der Waals surface area contributed by atoms with Crippen molar-refractivity contribution in [3.63, 3.8) is 0 Å². The lowest BCUT2D eigenvalue weighted by atomic mass is 10.1. The highest BCUT2D eigenvalue weighted by Gasteiger charge is 2.24. The van der Waals surface area contributed by atoms with Gasteiger partial charge in [0.05, 0.1) is 17.6 Å². The third-order valence-corrected chi connectivity index (χ3v) is 7.03. The largest absolute Gasteiger partial charge is 0.496 e. The van der Waals surface area contributed by atoms with Crippen molar-refractivity contribution < 1.29 is 22.3 Å². The molecular formula is C19H22BrFN2O4S. The van der Waals surface area contributed by atoms with E-state index in [0.29, 0.717) is 23.1 Å². The highest BCUT2D eigenvalue weighted by Crippen LogP contribution is 2.25. The van der Waals surface area contributed by atoms with Gasteiger partial charge in [0, 0.05) is 24.1 Å². The van der Waals surface area contributed by atoms with Gasteiger partial charge in [-0.2, -0.15) is 4.31 Å². The molecule has 9 heteroatoms. The molecule has 0 aliphatic rings. The number of rotatable bonds is 8. The summed E-state index contributed by atoms with van der Waals surface area (Å²) in [6.45, 7) is 4.19. The van der Waals surface area contributed by atoms with Gasteiger partial charge in [0.15, 0.2) is 0 Å². The van der Waals surface area contributed by atoms with E-state index in [1.54, 1.807) is 19.9 Å². The van der Waals surface area contributed by atoms with E-state index in [1.165, 1.54) is 41.7 Å². The van der Waals surface area contributed by atoms with E-state index in [4.69, 9.17) is 4.74 Å². The molecule has 1 amide bonds. The average molecular weight is 473 g/mol. The van der Waals surface area contributed by atoms with Gasteiger partial charge in [0.25, 0.3) is 5.91 Å². The molecule has 0 heterocycles. The van der Waals surface area contributed by atoms with E-state index in [0.717, 1.165) is 0 Å². The third-order valence-electron chi connectivity index (χ3n) is 4.21. The van der Waals surface area contributed by atoms with Crippen LogP contribution in [0.1, 0.15) is 29.8 Å². The van der Waals surface area contributed by atoms with Crippen molar-refractivity contribution in [2.75, 3.05) is 20.2 Å². The molecule has 0 aliphatic heterocycles.